The molecule has 4 heteroatoms. The Morgan fingerprint density at radius 2 is 1.96 bits per heavy atom. The number of rotatable bonds is 3. The Bertz CT molecular complexity index is 967. The summed E-state index contributed by atoms with van der Waals surface area (Å²) in [7, 11) is 2.14. The van der Waals surface area contributed by atoms with E-state index >= 15 is 0 Å². The van der Waals surface area contributed by atoms with E-state index in [0.717, 1.165) is 24.2 Å². The number of carbonyl (C=O) groups excluding carboxylic acids is 1. The fraction of sp³-hybridized carbons (Fsp3) is 0.417. The van der Waals surface area contributed by atoms with Crippen molar-refractivity contribution in [1.29, 1.82) is 5.26 Å². The fourth-order valence-corrected chi connectivity index (χ4v) is 4.03. The number of carbonyl (C=O) groups is 1. The van der Waals surface area contributed by atoms with Crippen LogP contribution in [-0.4, -0.2) is 24.4 Å². The zero-order valence-corrected chi connectivity index (χ0v) is 17.7. The Balaban J connectivity index is 1.93. The number of benzene rings is 2. The van der Waals surface area contributed by atoms with Crippen LogP contribution in [0.1, 0.15) is 71.8 Å². The van der Waals surface area contributed by atoms with E-state index in [2.05, 4.69) is 50.2 Å². The number of anilines is 1. The molecule has 0 fully saturated rings. The normalized spacial score (nSPS) is 15.8. The van der Waals surface area contributed by atoms with Crippen LogP contribution in [-0.2, 0) is 12.0 Å². The van der Waals surface area contributed by atoms with Gasteiger partial charge in [-0.25, -0.2) is 0 Å². The molecule has 146 valence electrons. The van der Waals surface area contributed by atoms with Gasteiger partial charge in [0, 0.05) is 23.3 Å². The van der Waals surface area contributed by atoms with Gasteiger partial charge in [0.25, 0.3) is 5.91 Å². The van der Waals surface area contributed by atoms with Crippen molar-refractivity contribution >= 4 is 11.6 Å². The van der Waals surface area contributed by atoms with Gasteiger partial charge in [-0.05, 0) is 86.7 Å². The predicted octanol–water partition coefficient (Wildman–Crippen LogP) is 4.97. The van der Waals surface area contributed by atoms with Crippen LogP contribution < -0.4 is 5.32 Å². The Morgan fingerprint density at radius 1 is 1.25 bits per heavy atom. The first-order valence-corrected chi connectivity index (χ1v) is 9.85. The van der Waals surface area contributed by atoms with E-state index in [1.165, 1.54) is 16.7 Å². The van der Waals surface area contributed by atoms with E-state index in [4.69, 9.17) is 0 Å². The van der Waals surface area contributed by atoms with Crippen molar-refractivity contribution in [2.75, 3.05) is 18.9 Å². The molecular weight excluding hydrogens is 346 g/mol. The second kappa shape index (κ2) is 7.41. The summed E-state index contributed by atoms with van der Waals surface area (Å²) in [6, 6.07) is 11.7. The fourth-order valence-electron chi connectivity index (χ4n) is 4.03. The Labute approximate surface area is 168 Å². The molecule has 0 spiro atoms. The minimum Gasteiger partial charge on any atom is -0.322 e. The molecule has 0 bridgehead atoms. The van der Waals surface area contributed by atoms with E-state index in [1.54, 1.807) is 12.1 Å². The molecule has 0 saturated carbocycles. The lowest BCUT2D eigenvalue weighted by Crippen LogP contribution is -2.44. The third kappa shape index (κ3) is 3.55. The van der Waals surface area contributed by atoms with Crippen molar-refractivity contribution in [1.82, 2.24) is 4.90 Å². The second-order valence-electron chi connectivity index (χ2n) is 8.57. The van der Waals surface area contributed by atoms with Crippen LogP contribution >= 0.6 is 0 Å². The molecule has 1 heterocycles. The number of fused-ring (bicyclic) bond motifs is 1. The van der Waals surface area contributed by atoms with Crippen LogP contribution in [0.25, 0.3) is 0 Å². The molecule has 2 aromatic carbocycles. The molecule has 28 heavy (non-hydrogen) atoms. The summed E-state index contributed by atoms with van der Waals surface area (Å²) in [5.74, 6) is 0.0578. The van der Waals surface area contributed by atoms with Crippen molar-refractivity contribution in [3.63, 3.8) is 0 Å². The van der Waals surface area contributed by atoms with Crippen LogP contribution in [0.15, 0.2) is 30.3 Å². The van der Waals surface area contributed by atoms with E-state index < -0.39 is 0 Å². The molecule has 0 radical (unpaired) electrons. The van der Waals surface area contributed by atoms with Crippen LogP contribution in [0.3, 0.4) is 0 Å². The summed E-state index contributed by atoms with van der Waals surface area (Å²) in [6.45, 7) is 11.7. The first-order valence-electron chi connectivity index (χ1n) is 9.85. The number of nitrogens with one attached hydrogen (secondary N) is 1. The zero-order chi connectivity index (χ0) is 20.6. The molecule has 0 aliphatic carbocycles. The Hall–Kier alpha value is -2.64. The third-order valence-corrected chi connectivity index (χ3v) is 6.10. The first-order chi connectivity index (χ1) is 13.1. The van der Waals surface area contributed by atoms with Gasteiger partial charge in [-0.2, -0.15) is 5.26 Å². The van der Waals surface area contributed by atoms with Crippen LogP contribution in [0, 0.1) is 18.3 Å². The minimum atomic E-state index is -0.187. The average molecular weight is 376 g/mol. The summed E-state index contributed by atoms with van der Waals surface area (Å²) in [5.41, 5.74) is 6.62. The quantitative estimate of drug-likeness (QED) is 0.824. The molecular formula is C24H29N3O. The van der Waals surface area contributed by atoms with Gasteiger partial charge in [-0.15, -0.1) is 0 Å². The maximum absolute atomic E-state index is 12.8. The molecule has 0 aromatic heterocycles. The lowest BCUT2D eigenvalue weighted by Gasteiger charge is -2.42. The van der Waals surface area contributed by atoms with Gasteiger partial charge in [0.1, 0.15) is 0 Å². The van der Waals surface area contributed by atoms with Crippen molar-refractivity contribution in [3.05, 3.63) is 63.7 Å². The van der Waals surface area contributed by atoms with Gasteiger partial charge in [0.2, 0.25) is 0 Å². The van der Waals surface area contributed by atoms with Gasteiger partial charge in [0.05, 0.1) is 11.6 Å². The summed E-state index contributed by atoms with van der Waals surface area (Å²) >= 11 is 0. The van der Waals surface area contributed by atoms with Gasteiger partial charge >= 0.3 is 0 Å². The van der Waals surface area contributed by atoms with Gasteiger partial charge < -0.3 is 5.32 Å². The van der Waals surface area contributed by atoms with Gasteiger partial charge in [-0.1, -0.05) is 19.9 Å². The highest BCUT2D eigenvalue weighted by Gasteiger charge is 2.33. The second-order valence-corrected chi connectivity index (χ2v) is 8.57. The van der Waals surface area contributed by atoms with Crippen molar-refractivity contribution in [2.24, 2.45) is 0 Å². The monoisotopic (exact) mass is 375 g/mol. The largest absolute Gasteiger partial charge is 0.322 e. The van der Waals surface area contributed by atoms with E-state index in [-0.39, 0.29) is 17.4 Å². The van der Waals surface area contributed by atoms with E-state index in [0.29, 0.717) is 11.1 Å². The zero-order valence-electron chi connectivity index (χ0n) is 17.7. The molecule has 1 aliphatic rings. The molecule has 2 aromatic rings. The summed E-state index contributed by atoms with van der Waals surface area (Å²) < 4.78 is 0. The average Bonchev–Trinajstić information content (AvgIpc) is 2.64. The summed E-state index contributed by atoms with van der Waals surface area (Å²) in [4.78, 5) is 15.2. The maximum Gasteiger partial charge on any atom is 0.255 e. The number of nitriles is 1. The lowest BCUT2D eigenvalue weighted by atomic mass is 9.81. The van der Waals surface area contributed by atoms with E-state index in [1.807, 2.05) is 26.0 Å². The molecule has 0 saturated heterocycles. The molecule has 0 atom stereocenters. The molecule has 1 aliphatic heterocycles. The molecule has 1 N–H and O–H groups in total. The topological polar surface area (TPSA) is 56.1 Å². The summed E-state index contributed by atoms with van der Waals surface area (Å²) in [5, 5.41) is 12.5. The number of nitrogens with zero attached hydrogens (tertiary/aromatic N) is 2. The number of aryl methyl sites for hydroxylation is 1. The van der Waals surface area contributed by atoms with Crippen molar-refractivity contribution < 1.29 is 4.79 Å². The van der Waals surface area contributed by atoms with E-state index in [9.17, 15) is 10.1 Å². The lowest BCUT2D eigenvalue weighted by molar-refractivity contribution is 0.102. The molecule has 1 amide bonds. The standard InChI is InChI=1S/C24H29N3O/c1-15(2)20-8-7-17(12-18(20)14-25)23(28)26-19-11-16(3)21-9-10-27(6)24(4,5)22(21)13-19/h7-8,11-13,15H,9-10H2,1-6H3,(H,26,28). The summed E-state index contributed by atoms with van der Waals surface area (Å²) in [6.07, 6.45) is 1.03. The van der Waals surface area contributed by atoms with Crippen LogP contribution in [0.4, 0.5) is 5.69 Å². The Kier molecular flexibility index (Phi) is 5.32. The molecule has 4 nitrogen and oxygen atoms in total. The SMILES string of the molecule is Cc1cc(NC(=O)c2ccc(C(C)C)c(C#N)c2)cc2c1CCN(C)C2(C)C. The highest BCUT2D eigenvalue weighted by atomic mass is 16.1. The highest BCUT2D eigenvalue weighted by molar-refractivity contribution is 6.04. The Morgan fingerprint density at radius 3 is 2.61 bits per heavy atom. The number of amides is 1. The maximum atomic E-state index is 12.8. The first kappa shape index (κ1) is 20.1. The van der Waals surface area contributed by atoms with Crippen LogP contribution in [0.5, 0.6) is 0 Å². The number of hydrogen-bond donors (Lipinski definition) is 1. The van der Waals surface area contributed by atoms with Crippen LogP contribution in [0.2, 0.25) is 0 Å². The molecule has 0 unspecified atom stereocenters. The van der Waals surface area contributed by atoms with Crippen molar-refractivity contribution in [3.8, 4) is 6.07 Å². The van der Waals surface area contributed by atoms with Gasteiger partial charge in [-0.3, -0.25) is 9.69 Å². The third-order valence-electron chi connectivity index (χ3n) is 6.10. The predicted molar refractivity (Wildman–Crippen MR) is 114 cm³/mol. The smallest absolute Gasteiger partial charge is 0.255 e. The molecule has 3 rings (SSSR count). The van der Waals surface area contributed by atoms with Gasteiger partial charge in [0.15, 0.2) is 0 Å². The minimum absolute atomic E-state index is 0.0774. The number of likely N-dealkylation sites (N-methyl/N-ethyl adjacent to an activating group) is 1. The number of hydrogen-bond acceptors (Lipinski definition) is 3. The highest BCUT2D eigenvalue weighted by Crippen LogP contribution is 2.37. The van der Waals surface area contributed by atoms with Crippen molar-refractivity contribution in [2.45, 2.75) is 52.5 Å².